The Bertz CT molecular complexity index is 1030. The Morgan fingerprint density at radius 2 is 1.81 bits per heavy atom. The van der Waals surface area contributed by atoms with E-state index in [2.05, 4.69) is 10.3 Å². The summed E-state index contributed by atoms with van der Waals surface area (Å²) in [6.45, 7) is 1.82. The Balaban J connectivity index is 1.57. The summed E-state index contributed by atoms with van der Waals surface area (Å²) in [5, 5.41) is 3.12. The second-order valence-electron chi connectivity index (χ2n) is 8.06. The number of hydrogen-bond donors (Lipinski definition) is 1. The summed E-state index contributed by atoms with van der Waals surface area (Å²) in [6.07, 6.45) is 7.24. The summed E-state index contributed by atoms with van der Waals surface area (Å²) < 4.78 is 13.5. The quantitative estimate of drug-likeness (QED) is 0.641. The predicted octanol–water partition coefficient (Wildman–Crippen LogP) is 5.14. The monoisotopic (exact) mass is 451 g/mol. The third-order valence-corrected chi connectivity index (χ3v) is 6.67. The summed E-state index contributed by atoms with van der Waals surface area (Å²) in [5.74, 6) is -0.744. The number of thioether (sulfide) groups is 1. The molecule has 0 spiro atoms. The zero-order valence-electron chi connectivity index (χ0n) is 18.0. The molecule has 0 radical (unpaired) electrons. The fourth-order valence-electron chi connectivity index (χ4n) is 3.88. The molecule has 0 aromatic heterocycles. The number of amides is 2. The molecule has 1 aliphatic heterocycles. The maximum atomic E-state index is 13.5. The molecule has 1 atom stereocenters. The summed E-state index contributed by atoms with van der Waals surface area (Å²) in [7, 11) is 0. The molecule has 2 aliphatic rings. The van der Waals surface area contributed by atoms with Gasteiger partial charge in [0.25, 0.3) is 5.91 Å². The van der Waals surface area contributed by atoms with E-state index in [1.807, 2.05) is 37.3 Å². The lowest BCUT2D eigenvalue weighted by molar-refractivity contribution is -0.121. The Morgan fingerprint density at radius 3 is 2.50 bits per heavy atom. The fourth-order valence-corrected chi connectivity index (χ4v) is 4.81. The van der Waals surface area contributed by atoms with Gasteiger partial charge in [-0.05, 0) is 55.7 Å². The van der Waals surface area contributed by atoms with E-state index >= 15 is 0 Å². The van der Waals surface area contributed by atoms with E-state index in [1.54, 1.807) is 18.2 Å². The lowest BCUT2D eigenvalue weighted by Crippen LogP contribution is -2.41. The maximum absolute atomic E-state index is 13.5. The van der Waals surface area contributed by atoms with Crippen LogP contribution in [-0.4, -0.2) is 28.3 Å². The van der Waals surface area contributed by atoms with Gasteiger partial charge in [-0.15, -0.1) is 0 Å². The molecular formula is C25H26FN3O2S. The van der Waals surface area contributed by atoms with Crippen molar-refractivity contribution < 1.29 is 14.0 Å². The number of hydrogen-bond acceptors (Lipinski definition) is 4. The van der Waals surface area contributed by atoms with E-state index < -0.39 is 5.25 Å². The van der Waals surface area contributed by atoms with E-state index in [1.165, 1.54) is 35.2 Å². The number of nitrogens with zero attached hydrogens (tertiary/aromatic N) is 2. The maximum Gasteiger partial charge on any atom is 0.283 e. The van der Waals surface area contributed by atoms with Gasteiger partial charge in [-0.3, -0.25) is 14.5 Å². The Morgan fingerprint density at radius 1 is 1.12 bits per heavy atom. The van der Waals surface area contributed by atoms with Crippen molar-refractivity contribution in [3.8, 4) is 0 Å². The molecule has 2 aromatic rings. The third-order valence-electron chi connectivity index (χ3n) is 5.62. The molecule has 1 fully saturated rings. The molecule has 0 saturated heterocycles. The Hall–Kier alpha value is -2.93. The van der Waals surface area contributed by atoms with Crippen LogP contribution in [0.2, 0.25) is 0 Å². The van der Waals surface area contributed by atoms with Crippen LogP contribution in [0.25, 0.3) is 6.08 Å². The Kier molecular flexibility index (Phi) is 7.05. The van der Waals surface area contributed by atoms with Crippen molar-refractivity contribution in [3.63, 3.8) is 0 Å². The number of halogens is 1. The van der Waals surface area contributed by atoms with Crippen LogP contribution in [0.15, 0.2) is 65.3 Å². The molecule has 2 aromatic carbocycles. The van der Waals surface area contributed by atoms with E-state index in [9.17, 15) is 14.0 Å². The number of carbonyl (C=O) groups is 2. The summed E-state index contributed by atoms with van der Waals surface area (Å²) >= 11 is 1.24. The standard InChI is InChI=1S/C25H26FN3O2S/c1-17(23(30)27-20-10-6-3-7-11-20)32-25-28-22(16-18-8-4-2-5-9-18)24(31)29(25)21-14-12-19(26)13-15-21/h2,4-5,8-9,12-17,20H,3,6-7,10-11H2,1H3,(H,27,30)/b22-16-. The molecule has 1 heterocycles. The van der Waals surface area contributed by atoms with Crippen molar-refractivity contribution in [3.05, 3.63) is 71.7 Å². The largest absolute Gasteiger partial charge is 0.352 e. The average molecular weight is 452 g/mol. The van der Waals surface area contributed by atoms with Gasteiger partial charge in [0.05, 0.1) is 10.9 Å². The van der Waals surface area contributed by atoms with Crippen LogP contribution in [-0.2, 0) is 9.59 Å². The van der Waals surface area contributed by atoms with Gasteiger partial charge < -0.3 is 5.32 Å². The molecule has 1 saturated carbocycles. The summed E-state index contributed by atoms with van der Waals surface area (Å²) in [6, 6.07) is 15.4. The highest BCUT2D eigenvalue weighted by molar-refractivity contribution is 8.15. The minimum atomic E-state index is -0.428. The first-order chi connectivity index (χ1) is 15.5. The van der Waals surface area contributed by atoms with Crippen LogP contribution >= 0.6 is 11.8 Å². The van der Waals surface area contributed by atoms with Gasteiger partial charge in [0.2, 0.25) is 5.91 Å². The van der Waals surface area contributed by atoms with Crippen LogP contribution in [0.5, 0.6) is 0 Å². The van der Waals surface area contributed by atoms with Crippen molar-refractivity contribution in [1.29, 1.82) is 0 Å². The van der Waals surface area contributed by atoms with E-state index in [0.717, 1.165) is 31.2 Å². The summed E-state index contributed by atoms with van der Waals surface area (Å²) in [5.41, 5.74) is 1.65. The van der Waals surface area contributed by atoms with Crippen molar-refractivity contribution in [1.82, 2.24) is 5.32 Å². The fraction of sp³-hybridized carbons (Fsp3) is 0.320. The topological polar surface area (TPSA) is 61.8 Å². The number of carbonyl (C=O) groups excluding carboxylic acids is 2. The number of amidine groups is 1. The van der Waals surface area contributed by atoms with Gasteiger partial charge in [0, 0.05) is 6.04 Å². The minimum absolute atomic E-state index is 0.0587. The second-order valence-corrected chi connectivity index (χ2v) is 9.36. The zero-order valence-corrected chi connectivity index (χ0v) is 18.8. The number of anilines is 1. The molecule has 166 valence electrons. The third kappa shape index (κ3) is 5.27. The number of aliphatic imine (C=N–C) groups is 1. The van der Waals surface area contributed by atoms with Crippen LogP contribution in [0, 0.1) is 5.82 Å². The molecule has 1 unspecified atom stereocenters. The highest BCUT2D eigenvalue weighted by Crippen LogP contribution is 2.31. The van der Waals surface area contributed by atoms with E-state index in [-0.39, 0.29) is 29.4 Å². The predicted molar refractivity (Wildman–Crippen MR) is 128 cm³/mol. The normalized spacial score (nSPS) is 19.2. The summed E-state index contributed by atoms with van der Waals surface area (Å²) in [4.78, 5) is 32.0. The average Bonchev–Trinajstić information content (AvgIpc) is 3.10. The van der Waals surface area contributed by atoms with Crippen molar-refractivity contribution >= 4 is 40.5 Å². The molecule has 5 nitrogen and oxygen atoms in total. The van der Waals surface area contributed by atoms with Gasteiger partial charge >= 0.3 is 0 Å². The molecule has 32 heavy (non-hydrogen) atoms. The second kappa shape index (κ2) is 10.1. The molecule has 7 heteroatoms. The first-order valence-electron chi connectivity index (χ1n) is 10.9. The van der Waals surface area contributed by atoms with Crippen molar-refractivity contribution in [2.24, 2.45) is 4.99 Å². The molecule has 1 aliphatic carbocycles. The molecule has 4 rings (SSSR count). The first-order valence-corrected chi connectivity index (χ1v) is 11.8. The Labute approximate surface area is 191 Å². The van der Waals surface area contributed by atoms with Crippen molar-refractivity contribution in [2.75, 3.05) is 4.90 Å². The SMILES string of the molecule is CC(SC1=N/C(=C\c2ccccc2)C(=O)N1c1ccc(F)cc1)C(=O)NC1CCCCC1. The van der Waals surface area contributed by atoms with Crippen molar-refractivity contribution in [2.45, 2.75) is 50.3 Å². The lowest BCUT2D eigenvalue weighted by atomic mass is 9.95. The number of benzene rings is 2. The van der Waals surface area contributed by atoms with Gasteiger partial charge in [-0.2, -0.15) is 0 Å². The molecule has 2 amide bonds. The minimum Gasteiger partial charge on any atom is -0.352 e. The smallest absolute Gasteiger partial charge is 0.283 e. The number of rotatable bonds is 5. The van der Waals surface area contributed by atoms with Crippen LogP contribution in [0.1, 0.15) is 44.6 Å². The zero-order chi connectivity index (χ0) is 22.5. The highest BCUT2D eigenvalue weighted by atomic mass is 32.2. The number of nitrogens with one attached hydrogen (secondary N) is 1. The van der Waals surface area contributed by atoms with E-state index in [4.69, 9.17) is 0 Å². The van der Waals surface area contributed by atoms with Gasteiger partial charge in [-0.25, -0.2) is 9.38 Å². The van der Waals surface area contributed by atoms with Gasteiger partial charge in [0.15, 0.2) is 5.17 Å². The first kappa shape index (κ1) is 22.3. The molecule has 0 bridgehead atoms. The lowest BCUT2D eigenvalue weighted by Gasteiger charge is -2.25. The molecule has 1 N–H and O–H groups in total. The van der Waals surface area contributed by atoms with Crippen LogP contribution in [0.4, 0.5) is 10.1 Å². The van der Waals surface area contributed by atoms with Crippen LogP contribution in [0.3, 0.4) is 0 Å². The van der Waals surface area contributed by atoms with Gasteiger partial charge in [-0.1, -0.05) is 61.4 Å². The van der Waals surface area contributed by atoms with Crippen LogP contribution < -0.4 is 10.2 Å². The molecular weight excluding hydrogens is 425 g/mol. The highest BCUT2D eigenvalue weighted by Gasteiger charge is 2.34. The van der Waals surface area contributed by atoms with Gasteiger partial charge in [0.1, 0.15) is 11.5 Å². The van der Waals surface area contributed by atoms with E-state index in [0.29, 0.717) is 10.9 Å².